The molecule has 7 heteroatoms. The second kappa shape index (κ2) is 7.98. The maximum atomic E-state index is 12.5. The van der Waals surface area contributed by atoms with E-state index >= 15 is 0 Å². The second-order valence-corrected chi connectivity index (χ2v) is 7.84. The van der Waals surface area contributed by atoms with E-state index in [-0.39, 0.29) is 17.0 Å². The Morgan fingerprint density at radius 2 is 1.75 bits per heavy atom. The van der Waals surface area contributed by atoms with Gasteiger partial charge in [0.1, 0.15) is 5.69 Å². The number of benzene rings is 2. The van der Waals surface area contributed by atoms with Crippen LogP contribution in [0.25, 0.3) is 0 Å². The minimum absolute atomic E-state index is 0.00490. The fourth-order valence-corrected chi connectivity index (χ4v) is 3.14. The van der Waals surface area contributed by atoms with Crippen LogP contribution in [0, 0.1) is 10.1 Å². The van der Waals surface area contributed by atoms with Crippen LogP contribution in [0.5, 0.6) is 0 Å². The molecule has 1 amide bonds. The number of nitrogens with zero attached hydrogens (tertiary/aromatic N) is 2. The Kier molecular flexibility index (Phi) is 5.65. The Bertz CT molecular complexity index is 866. The number of nitro benzene ring substituents is 1. The van der Waals surface area contributed by atoms with Gasteiger partial charge in [-0.3, -0.25) is 14.9 Å². The zero-order chi connectivity index (χ0) is 20.3. The van der Waals surface area contributed by atoms with E-state index in [1.54, 1.807) is 24.3 Å². The SMILES string of the molecule is CC(C)(C)c1ccc(C(=O)Nc2ccc(N3CCOCC3)c([N+](=O)[O-])c2)cc1. The first-order chi connectivity index (χ1) is 13.3. The molecule has 2 aromatic rings. The van der Waals surface area contributed by atoms with Gasteiger partial charge in [-0.25, -0.2) is 0 Å². The number of hydrogen-bond acceptors (Lipinski definition) is 5. The fraction of sp³-hybridized carbons (Fsp3) is 0.381. The number of anilines is 2. The lowest BCUT2D eigenvalue weighted by atomic mass is 9.87. The zero-order valence-electron chi connectivity index (χ0n) is 16.4. The highest BCUT2D eigenvalue weighted by Crippen LogP contribution is 2.32. The van der Waals surface area contributed by atoms with Crippen molar-refractivity contribution in [2.45, 2.75) is 26.2 Å². The molecule has 1 aliphatic rings. The van der Waals surface area contributed by atoms with E-state index in [0.29, 0.717) is 43.2 Å². The molecule has 0 radical (unpaired) electrons. The van der Waals surface area contributed by atoms with Gasteiger partial charge in [0.05, 0.1) is 18.1 Å². The number of nitrogens with one attached hydrogen (secondary N) is 1. The molecule has 3 rings (SSSR count). The van der Waals surface area contributed by atoms with Crippen molar-refractivity contribution in [3.63, 3.8) is 0 Å². The summed E-state index contributed by atoms with van der Waals surface area (Å²) in [6.45, 7) is 8.62. The van der Waals surface area contributed by atoms with Gasteiger partial charge in [0, 0.05) is 30.4 Å². The van der Waals surface area contributed by atoms with Crippen LogP contribution in [-0.2, 0) is 10.2 Å². The molecular formula is C21H25N3O4. The maximum absolute atomic E-state index is 12.5. The number of rotatable bonds is 4. The van der Waals surface area contributed by atoms with Crippen molar-refractivity contribution in [3.05, 3.63) is 63.7 Å². The minimum Gasteiger partial charge on any atom is -0.378 e. The van der Waals surface area contributed by atoms with Crippen LogP contribution in [0.2, 0.25) is 0 Å². The van der Waals surface area contributed by atoms with Crippen LogP contribution in [0.1, 0.15) is 36.7 Å². The standard InChI is InChI=1S/C21H25N3O4/c1-21(2,3)16-6-4-15(5-7-16)20(25)22-17-8-9-18(19(14-17)24(26)27)23-10-12-28-13-11-23/h4-9,14H,10-13H2,1-3H3,(H,22,25). The van der Waals surface area contributed by atoms with Gasteiger partial charge in [-0.15, -0.1) is 0 Å². The van der Waals surface area contributed by atoms with Crippen LogP contribution < -0.4 is 10.2 Å². The smallest absolute Gasteiger partial charge is 0.294 e. The van der Waals surface area contributed by atoms with Crippen molar-refractivity contribution in [1.29, 1.82) is 0 Å². The lowest BCUT2D eigenvalue weighted by molar-refractivity contribution is -0.384. The fourth-order valence-electron chi connectivity index (χ4n) is 3.14. The summed E-state index contributed by atoms with van der Waals surface area (Å²) in [7, 11) is 0. The highest BCUT2D eigenvalue weighted by Gasteiger charge is 2.22. The molecule has 2 aromatic carbocycles. The number of morpholine rings is 1. The van der Waals surface area contributed by atoms with Crippen molar-refractivity contribution >= 4 is 23.0 Å². The molecule has 0 bridgehead atoms. The normalized spacial score (nSPS) is 14.6. The molecule has 148 valence electrons. The van der Waals surface area contributed by atoms with E-state index in [4.69, 9.17) is 4.74 Å². The van der Waals surface area contributed by atoms with Gasteiger partial charge in [0.15, 0.2) is 0 Å². The number of carbonyl (C=O) groups excluding carboxylic acids is 1. The highest BCUT2D eigenvalue weighted by molar-refractivity contribution is 6.04. The van der Waals surface area contributed by atoms with E-state index in [1.165, 1.54) is 6.07 Å². The van der Waals surface area contributed by atoms with Gasteiger partial charge < -0.3 is 15.0 Å². The van der Waals surface area contributed by atoms with Crippen LogP contribution in [0.3, 0.4) is 0 Å². The number of ether oxygens (including phenoxy) is 1. The highest BCUT2D eigenvalue weighted by atomic mass is 16.6. The molecule has 0 unspecified atom stereocenters. The summed E-state index contributed by atoms with van der Waals surface area (Å²) in [5.41, 5.74) is 2.56. The average molecular weight is 383 g/mol. The van der Waals surface area contributed by atoms with Crippen LogP contribution in [-0.4, -0.2) is 37.1 Å². The summed E-state index contributed by atoms with van der Waals surface area (Å²) in [5, 5.41) is 14.3. The molecule has 7 nitrogen and oxygen atoms in total. The zero-order valence-corrected chi connectivity index (χ0v) is 16.4. The topological polar surface area (TPSA) is 84.7 Å². The molecular weight excluding hydrogens is 358 g/mol. The first kappa shape index (κ1) is 19.8. The predicted molar refractivity (Wildman–Crippen MR) is 109 cm³/mol. The van der Waals surface area contributed by atoms with E-state index < -0.39 is 4.92 Å². The third kappa shape index (κ3) is 4.48. The van der Waals surface area contributed by atoms with Gasteiger partial charge in [-0.05, 0) is 35.2 Å². The molecule has 1 saturated heterocycles. The Labute approximate surface area is 164 Å². The van der Waals surface area contributed by atoms with E-state index in [2.05, 4.69) is 26.1 Å². The largest absolute Gasteiger partial charge is 0.378 e. The van der Waals surface area contributed by atoms with Crippen molar-refractivity contribution in [2.24, 2.45) is 0 Å². The number of amides is 1. The molecule has 0 spiro atoms. The molecule has 1 N–H and O–H groups in total. The molecule has 0 aromatic heterocycles. The summed E-state index contributed by atoms with van der Waals surface area (Å²) in [6.07, 6.45) is 0. The maximum Gasteiger partial charge on any atom is 0.294 e. The molecule has 0 saturated carbocycles. The molecule has 1 fully saturated rings. The second-order valence-electron chi connectivity index (χ2n) is 7.84. The van der Waals surface area contributed by atoms with E-state index in [0.717, 1.165) is 5.56 Å². The molecule has 28 heavy (non-hydrogen) atoms. The lowest BCUT2D eigenvalue weighted by Gasteiger charge is -2.28. The first-order valence-electron chi connectivity index (χ1n) is 9.29. The Morgan fingerprint density at radius 3 is 2.32 bits per heavy atom. The van der Waals surface area contributed by atoms with Crippen LogP contribution in [0.15, 0.2) is 42.5 Å². The average Bonchev–Trinajstić information content (AvgIpc) is 2.68. The molecule has 1 aliphatic heterocycles. The Morgan fingerprint density at radius 1 is 1.11 bits per heavy atom. The molecule has 1 heterocycles. The summed E-state index contributed by atoms with van der Waals surface area (Å²) in [6, 6.07) is 12.2. The van der Waals surface area contributed by atoms with Gasteiger partial charge in [-0.2, -0.15) is 0 Å². The summed E-state index contributed by atoms with van der Waals surface area (Å²) in [5.74, 6) is -0.297. The monoisotopic (exact) mass is 383 g/mol. The van der Waals surface area contributed by atoms with Crippen molar-refractivity contribution in [2.75, 3.05) is 36.5 Å². The lowest BCUT2D eigenvalue weighted by Crippen LogP contribution is -2.36. The van der Waals surface area contributed by atoms with Crippen LogP contribution >= 0.6 is 0 Å². The number of hydrogen-bond donors (Lipinski definition) is 1. The third-order valence-corrected chi connectivity index (χ3v) is 4.79. The Balaban J connectivity index is 1.79. The van der Waals surface area contributed by atoms with Crippen molar-refractivity contribution in [1.82, 2.24) is 0 Å². The summed E-state index contributed by atoms with van der Waals surface area (Å²) in [4.78, 5) is 25.6. The predicted octanol–water partition coefficient (Wildman–Crippen LogP) is 3.98. The van der Waals surface area contributed by atoms with Gasteiger partial charge in [-0.1, -0.05) is 32.9 Å². The van der Waals surface area contributed by atoms with Crippen molar-refractivity contribution in [3.8, 4) is 0 Å². The van der Waals surface area contributed by atoms with Crippen molar-refractivity contribution < 1.29 is 14.5 Å². The summed E-state index contributed by atoms with van der Waals surface area (Å²) < 4.78 is 5.31. The molecule has 0 atom stereocenters. The van der Waals surface area contributed by atoms with Gasteiger partial charge in [0.2, 0.25) is 0 Å². The molecule has 0 aliphatic carbocycles. The quantitative estimate of drug-likeness (QED) is 0.638. The van der Waals surface area contributed by atoms with E-state index in [9.17, 15) is 14.9 Å². The van der Waals surface area contributed by atoms with Crippen LogP contribution in [0.4, 0.5) is 17.1 Å². The number of nitro groups is 1. The Hall–Kier alpha value is -2.93. The minimum atomic E-state index is -0.418. The number of carbonyl (C=O) groups is 1. The van der Waals surface area contributed by atoms with E-state index in [1.807, 2.05) is 17.0 Å². The summed E-state index contributed by atoms with van der Waals surface area (Å²) >= 11 is 0. The van der Waals surface area contributed by atoms with Gasteiger partial charge >= 0.3 is 0 Å². The van der Waals surface area contributed by atoms with Gasteiger partial charge in [0.25, 0.3) is 11.6 Å². The first-order valence-corrected chi connectivity index (χ1v) is 9.29. The third-order valence-electron chi connectivity index (χ3n) is 4.79.